The second kappa shape index (κ2) is 7.52. The lowest BCUT2D eigenvalue weighted by Crippen LogP contribution is -2.13. The van der Waals surface area contributed by atoms with Crippen molar-refractivity contribution in [1.82, 2.24) is 4.98 Å². The highest BCUT2D eigenvalue weighted by Crippen LogP contribution is 2.27. The van der Waals surface area contributed by atoms with Crippen molar-refractivity contribution < 1.29 is 4.79 Å². The van der Waals surface area contributed by atoms with Crippen LogP contribution >= 0.6 is 0 Å². The van der Waals surface area contributed by atoms with Crippen LogP contribution in [-0.4, -0.2) is 23.1 Å². The molecule has 138 valence electrons. The molecule has 1 aliphatic rings. The molecule has 0 saturated carbocycles. The predicted molar refractivity (Wildman–Crippen MR) is 110 cm³/mol. The van der Waals surface area contributed by atoms with Crippen LogP contribution in [-0.2, 0) is 0 Å². The minimum absolute atomic E-state index is 0.141. The smallest absolute Gasteiger partial charge is 0.256 e. The average molecular weight is 369 g/mol. The lowest BCUT2D eigenvalue weighted by atomic mass is 9.96. The van der Waals surface area contributed by atoms with E-state index in [9.17, 15) is 4.79 Å². The van der Waals surface area contributed by atoms with Crippen LogP contribution in [0.2, 0.25) is 0 Å². The van der Waals surface area contributed by atoms with E-state index in [1.807, 2.05) is 37.3 Å². The van der Waals surface area contributed by atoms with Gasteiger partial charge in [-0.15, -0.1) is 5.10 Å². The molecule has 1 N–H and O–H groups in total. The molecule has 4 rings (SSSR count). The summed E-state index contributed by atoms with van der Waals surface area (Å²) in [5, 5.41) is 14.6. The number of aromatic nitrogens is 1. The number of hydrogen-bond donors (Lipinski definition) is 1. The van der Waals surface area contributed by atoms with Gasteiger partial charge in [0.25, 0.3) is 5.91 Å². The number of nitrogens with one attached hydrogen (secondary N) is 1. The lowest BCUT2D eigenvalue weighted by molar-refractivity contribution is 0.102. The second-order valence-corrected chi connectivity index (χ2v) is 6.69. The summed E-state index contributed by atoms with van der Waals surface area (Å²) in [7, 11) is 0. The van der Waals surface area contributed by atoms with Crippen molar-refractivity contribution in [3.05, 3.63) is 83.2 Å². The highest BCUT2D eigenvalue weighted by molar-refractivity contribution is 6.05. The van der Waals surface area contributed by atoms with Crippen LogP contribution in [0, 0.1) is 13.8 Å². The second-order valence-electron chi connectivity index (χ2n) is 6.69. The zero-order valence-corrected chi connectivity index (χ0v) is 15.7. The highest BCUT2D eigenvalue weighted by atomic mass is 16.1. The van der Waals surface area contributed by atoms with Gasteiger partial charge in [-0.1, -0.05) is 24.3 Å². The van der Waals surface area contributed by atoms with Gasteiger partial charge in [0.05, 0.1) is 5.71 Å². The Balaban J connectivity index is 1.56. The van der Waals surface area contributed by atoms with Gasteiger partial charge in [0.2, 0.25) is 0 Å². The number of rotatable bonds is 4. The number of anilines is 1. The molecule has 0 atom stereocenters. The topological polar surface area (TPSA) is 79.1 Å². The first-order valence-corrected chi connectivity index (χ1v) is 8.98. The molecular formula is C22H19N5O. The zero-order valence-electron chi connectivity index (χ0n) is 15.7. The Morgan fingerprint density at radius 2 is 1.75 bits per heavy atom. The third-order valence-corrected chi connectivity index (χ3v) is 4.74. The van der Waals surface area contributed by atoms with Crippen molar-refractivity contribution in [2.45, 2.75) is 13.8 Å². The Labute approximate surface area is 163 Å². The van der Waals surface area contributed by atoms with Gasteiger partial charge in [0.15, 0.2) is 0 Å². The summed E-state index contributed by atoms with van der Waals surface area (Å²) in [5.74, 6) is -0.141. The fraction of sp³-hybridized carbons (Fsp3) is 0.136. The lowest BCUT2D eigenvalue weighted by Gasteiger charge is -2.11. The maximum Gasteiger partial charge on any atom is 0.256 e. The van der Waals surface area contributed by atoms with Gasteiger partial charge in [-0.3, -0.25) is 9.78 Å². The molecule has 6 heteroatoms. The first-order valence-electron chi connectivity index (χ1n) is 8.98. The molecule has 0 aliphatic carbocycles. The molecule has 1 aromatic heterocycles. The van der Waals surface area contributed by atoms with E-state index < -0.39 is 0 Å². The van der Waals surface area contributed by atoms with Gasteiger partial charge >= 0.3 is 0 Å². The first kappa shape index (κ1) is 17.7. The number of benzene rings is 2. The van der Waals surface area contributed by atoms with E-state index >= 15 is 0 Å². The van der Waals surface area contributed by atoms with Crippen LogP contribution in [0.3, 0.4) is 0 Å². The molecule has 2 heterocycles. The van der Waals surface area contributed by atoms with E-state index in [2.05, 4.69) is 44.8 Å². The van der Waals surface area contributed by atoms with Crippen LogP contribution in [0.25, 0.3) is 11.1 Å². The summed E-state index contributed by atoms with van der Waals surface area (Å²) >= 11 is 0. The fourth-order valence-electron chi connectivity index (χ4n) is 3.14. The molecule has 0 fully saturated rings. The van der Waals surface area contributed by atoms with Crippen LogP contribution < -0.4 is 5.32 Å². The molecule has 0 unspecified atom stereocenters. The van der Waals surface area contributed by atoms with Crippen molar-refractivity contribution in [2.24, 2.45) is 15.4 Å². The molecule has 6 nitrogen and oxygen atoms in total. The largest absolute Gasteiger partial charge is 0.322 e. The van der Waals surface area contributed by atoms with Crippen molar-refractivity contribution >= 4 is 17.3 Å². The molecule has 28 heavy (non-hydrogen) atoms. The number of hydrogen-bond acceptors (Lipinski definition) is 5. The summed E-state index contributed by atoms with van der Waals surface area (Å²) in [6.45, 7) is 4.46. The minimum Gasteiger partial charge on any atom is -0.322 e. The highest BCUT2D eigenvalue weighted by Gasteiger charge is 2.12. The minimum atomic E-state index is -0.141. The standard InChI is InChI=1S/C22H19N5O/c1-14-3-4-17(21-13-24-27-26-21)11-20(14)16-5-7-18(8-6-16)25-22(28)19-9-10-23-12-15(19)2/h3-12H,13H2,1-2H3,(H,25,28). The molecular weight excluding hydrogens is 350 g/mol. The van der Waals surface area contributed by atoms with Crippen LogP contribution in [0.1, 0.15) is 27.0 Å². The van der Waals surface area contributed by atoms with E-state index in [1.165, 1.54) is 5.56 Å². The Hall–Kier alpha value is -3.67. The third-order valence-electron chi connectivity index (χ3n) is 4.74. The van der Waals surface area contributed by atoms with Crippen molar-refractivity contribution in [3.63, 3.8) is 0 Å². The van der Waals surface area contributed by atoms with E-state index in [0.29, 0.717) is 12.1 Å². The molecule has 0 spiro atoms. The third kappa shape index (κ3) is 3.57. The van der Waals surface area contributed by atoms with Gasteiger partial charge in [0, 0.05) is 29.2 Å². The summed E-state index contributed by atoms with van der Waals surface area (Å²) in [6, 6.07) is 15.8. The molecule has 1 aliphatic heterocycles. The number of aryl methyl sites for hydroxylation is 2. The number of nitrogens with zero attached hydrogens (tertiary/aromatic N) is 4. The van der Waals surface area contributed by atoms with E-state index in [1.54, 1.807) is 18.5 Å². The maximum atomic E-state index is 12.5. The zero-order chi connectivity index (χ0) is 19.5. The Morgan fingerprint density at radius 1 is 0.964 bits per heavy atom. The van der Waals surface area contributed by atoms with Crippen LogP contribution in [0.4, 0.5) is 5.69 Å². The molecule has 0 radical (unpaired) electrons. The summed E-state index contributed by atoms with van der Waals surface area (Å²) < 4.78 is 0. The fourth-order valence-corrected chi connectivity index (χ4v) is 3.14. The Kier molecular flexibility index (Phi) is 4.76. The van der Waals surface area contributed by atoms with Crippen molar-refractivity contribution in [2.75, 3.05) is 11.9 Å². The van der Waals surface area contributed by atoms with Crippen LogP contribution in [0.15, 0.2) is 76.4 Å². The maximum absolute atomic E-state index is 12.5. The van der Waals surface area contributed by atoms with E-state index in [4.69, 9.17) is 0 Å². The van der Waals surface area contributed by atoms with Crippen molar-refractivity contribution in [3.8, 4) is 11.1 Å². The monoisotopic (exact) mass is 369 g/mol. The van der Waals surface area contributed by atoms with Gasteiger partial charge in [-0.05, 0) is 65.6 Å². The Bertz CT molecular complexity index is 1100. The number of carbonyl (C=O) groups excluding carboxylic acids is 1. The van der Waals surface area contributed by atoms with Gasteiger partial charge in [-0.2, -0.15) is 5.11 Å². The average Bonchev–Trinajstić information content (AvgIpc) is 3.24. The molecule has 0 bridgehead atoms. The SMILES string of the molecule is Cc1cnccc1C(=O)Nc1ccc(-c2cc(C3=NN=NC3)ccc2C)cc1. The molecule has 2 aromatic carbocycles. The normalized spacial score (nSPS) is 12.7. The number of carbonyl (C=O) groups is 1. The summed E-state index contributed by atoms with van der Waals surface area (Å²) in [5.41, 5.74) is 7.47. The van der Waals surface area contributed by atoms with Gasteiger partial charge < -0.3 is 5.32 Å². The number of amides is 1. The van der Waals surface area contributed by atoms with Gasteiger partial charge in [-0.25, -0.2) is 0 Å². The van der Waals surface area contributed by atoms with E-state index in [-0.39, 0.29) is 5.91 Å². The predicted octanol–water partition coefficient (Wildman–Crippen LogP) is 4.79. The number of pyridine rings is 1. The molecule has 0 saturated heterocycles. The van der Waals surface area contributed by atoms with Crippen molar-refractivity contribution in [1.29, 1.82) is 0 Å². The quantitative estimate of drug-likeness (QED) is 0.718. The van der Waals surface area contributed by atoms with Crippen LogP contribution in [0.5, 0.6) is 0 Å². The summed E-state index contributed by atoms with van der Waals surface area (Å²) in [4.78, 5) is 16.5. The van der Waals surface area contributed by atoms with E-state index in [0.717, 1.165) is 33.7 Å². The molecule has 3 aromatic rings. The van der Waals surface area contributed by atoms with Gasteiger partial charge in [0.1, 0.15) is 6.54 Å². The molecule has 1 amide bonds. The summed E-state index contributed by atoms with van der Waals surface area (Å²) in [6.07, 6.45) is 3.30. The Morgan fingerprint density at radius 3 is 2.46 bits per heavy atom. The first-order chi connectivity index (χ1) is 13.6.